The molecular weight excluding hydrogens is 238 g/mol. The highest BCUT2D eigenvalue weighted by Gasteiger charge is 2.26. The van der Waals surface area contributed by atoms with Crippen LogP contribution in [0.5, 0.6) is 0 Å². The Kier molecular flexibility index (Phi) is 5.16. The largest absolute Gasteiger partial charge is 0.391 e. The van der Waals surface area contributed by atoms with Gasteiger partial charge in [-0.05, 0) is 38.9 Å². The molecule has 0 bridgehead atoms. The van der Waals surface area contributed by atoms with E-state index >= 15 is 0 Å². The molecule has 106 valence electrons. The number of nitrogens with zero attached hydrogens (tertiary/aromatic N) is 2. The van der Waals surface area contributed by atoms with Crippen LogP contribution in [0.4, 0.5) is 5.82 Å². The molecular formula is C15H25N3O. The molecule has 4 heteroatoms. The van der Waals surface area contributed by atoms with Gasteiger partial charge < -0.3 is 10.4 Å². The maximum absolute atomic E-state index is 10.1. The minimum Gasteiger partial charge on any atom is -0.391 e. The minimum atomic E-state index is -0.185. The number of aliphatic hydroxyl groups excluding tert-OH is 1. The third kappa shape index (κ3) is 3.91. The van der Waals surface area contributed by atoms with Crippen molar-refractivity contribution < 1.29 is 5.11 Å². The summed E-state index contributed by atoms with van der Waals surface area (Å²) in [5, 5.41) is 13.3. The van der Waals surface area contributed by atoms with Crippen molar-refractivity contribution in [2.45, 2.75) is 51.3 Å². The number of anilines is 1. The van der Waals surface area contributed by atoms with E-state index in [1.165, 1.54) is 6.42 Å². The second kappa shape index (κ2) is 6.87. The van der Waals surface area contributed by atoms with Gasteiger partial charge in [-0.3, -0.25) is 4.90 Å². The molecule has 1 aromatic heterocycles. The first-order valence-corrected chi connectivity index (χ1v) is 7.29. The fraction of sp³-hybridized carbons (Fsp3) is 0.667. The summed E-state index contributed by atoms with van der Waals surface area (Å²) in [4.78, 5) is 6.83. The van der Waals surface area contributed by atoms with Gasteiger partial charge in [-0.15, -0.1) is 0 Å². The average molecular weight is 263 g/mol. The SMILES string of the molecule is CCNc1cccc(CN(C)C2CCCCC2O)n1. The van der Waals surface area contributed by atoms with Crippen LogP contribution in [0, 0.1) is 0 Å². The summed E-state index contributed by atoms with van der Waals surface area (Å²) in [5.74, 6) is 0.928. The van der Waals surface area contributed by atoms with Crippen molar-refractivity contribution in [1.82, 2.24) is 9.88 Å². The molecule has 1 heterocycles. The van der Waals surface area contributed by atoms with Gasteiger partial charge in [-0.1, -0.05) is 18.9 Å². The van der Waals surface area contributed by atoms with Crippen molar-refractivity contribution in [1.29, 1.82) is 0 Å². The lowest BCUT2D eigenvalue weighted by molar-refractivity contribution is 0.0284. The van der Waals surface area contributed by atoms with Crippen molar-refractivity contribution in [3.05, 3.63) is 23.9 Å². The normalized spacial score (nSPS) is 23.6. The van der Waals surface area contributed by atoms with E-state index in [1.54, 1.807) is 0 Å². The lowest BCUT2D eigenvalue weighted by atomic mass is 9.91. The highest BCUT2D eigenvalue weighted by molar-refractivity contribution is 5.34. The van der Waals surface area contributed by atoms with E-state index in [9.17, 15) is 5.11 Å². The van der Waals surface area contributed by atoms with Crippen LogP contribution in [0.2, 0.25) is 0 Å². The first kappa shape index (κ1) is 14.3. The molecule has 0 spiro atoms. The zero-order valence-corrected chi connectivity index (χ0v) is 12.0. The molecule has 2 atom stereocenters. The van der Waals surface area contributed by atoms with Crippen molar-refractivity contribution in [3.8, 4) is 0 Å². The molecule has 0 amide bonds. The number of aromatic nitrogens is 1. The second-order valence-corrected chi connectivity index (χ2v) is 5.38. The maximum atomic E-state index is 10.1. The van der Waals surface area contributed by atoms with Gasteiger partial charge in [0.1, 0.15) is 5.82 Å². The summed E-state index contributed by atoms with van der Waals surface area (Å²) in [7, 11) is 2.08. The molecule has 2 N–H and O–H groups in total. The van der Waals surface area contributed by atoms with Gasteiger partial charge in [0.25, 0.3) is 0 Å². The van der Waals surface area contributed by atoms with E-state index in [-0.39, 0.29) is 12.1 Å². The van der Waals surface area contributed by atoms with Crippen molar-refractivity contribution in [2.24, 2.45) is 0 Å². The van der Waals surface area contributed by atoms with Gasteiger partial charge in [-0.2, -0.15) is 0 Å². The zero-order valence-electron chi connectivity index (χ0n) is 12.0. The molecule has 1 fully saturated rings. The summed E-state index contributed by atoms with van der Waals surface area (Å²) in [5.41, 5.74) is 1.05. The van der Waals surface area contributed by atoms with E-state index in [4.69, 9.17) is 0 Å². The van der Waals surface area contributed by atoms with Crippen molar-refractivity contribution >= 4 is 5.82 Å². The second-order valence-electron chi connectivity index (χ2n) is 5.38. The number of likely N-dealkylation sites (N-methyl/N-ethyl adjacent to an activating group) is 1. The molecule has 1 saturated carbocycles. The van der Waals surface area contributed by atoms with Crippen LogP contribution in [0.15, 0.2) is 18.2 Å². The lowest BCUT2D eigenvalue weighted by Crippen LogP contribution is -2.43. The Morgan fingerprint density at radius 1 is 1.37 bits per heavy atom. The number of nitrogens with one attached hydrogen (secondary N) is 1. The van der Waals surface area contributed by atoms with E-state index in [0.717, 1.165) is 43.9 Å². The topological polar surface area (TPSA) is 48.4 Å². The number of rotatable bonds is 5. The number of aliphatic hydroxyl groups is 1. The third-order valence-electron chi connectivity index (χ3n) is 3.84. The zero-order chi connectivity index (χ0) is 13.7. The molecule has 0 aliphatic heterocycles. The Morgan fingerprint density at radius 3 is 2.89 bits per heavy atom. The molecule has 1 aliphatic carbocycles. The predicted octanol–water partition coefficient (Wildman–Crippen LogP) is 2.25. The van der Waals surface area contributed by atoms with Gasteiger partial charge in [0.2, 0.25) is 0 Å². The highest BCUT2D eigenvalue weighted by atomic mass is 16.3. The molecule has 4 nitrogen and oxygen atoms in total. The third-order valence-corrected chi connectivity index (χ3v) is 3.84. The minimum absolute atomic E-state index is 0.185. The quantitative estimate of drug-likeness (QED) is 0.855. The fourth-order valence-electron chi connectivity index (χ4n) is 2.83. The molecule has 1 aliphatic rings. The maximum Gasteiger partial charge on any atom is 0.126 e. The molecule has 0 radical (unpaired) electrons. The average Bonchev–Trinajstić information content (AvgIpc) is 2.40. The van der Waals surface area contributed by atoms with E-state index in [0.29, 0.717) is 0 Å². The Labute approximate surface area is 115 Å². The van der Waals surface area contributed by atoms with Gasteiger partial charge in [0.05, 0.1) is 11.8 Å². The monoisotopic (exact) mass is 263 g/mol. The Balaban J connectivity index is 1.97. The summed E-state index contributed by atoms with van der Waals surface area (Å²) in [6, 6.07) is 6.35. The first-order valence-electron chi connectivity index (χ1n) is 7.29. The van der Waals surface area contributed by atoms with Crippen LogP contribution in [0.1, 0.15) is 38.3 Å². The van der Waals surface area contributed by atoms with Crippen LogP contribution in [-0.2, 0) is 6.54 Å². The van der Waals surface area contributed by atoms with Crippen LogP contribution in [0.3, 0.4) is 0 Å². The summed E-state index contributed by atoms with van der Waals surface area (Å²) in [6.07, 6.45) is 4.21. The molecule has 19 heavy (non-hydrogen) atoms. The Morgan fingerprint density at radius 2 is 2.16 bits per heavy atom. The predicted molar refractivity (Wildman–Crippen MR) is 78.1 cm³/mol. The van der Waals surface area contributed by atoms with Gasteiger partial charge in [-0.25, -0.2) is 4.98 Å². The molecule has 2 unspecified atom stereocenters. The Hall–Kier alpha value is -1.13. The number of hydrogen-bond acceptors (Lipinski definition) is 4. The first-order chi connectivity index (χ1) is 9.20. The van der Waals surface area contributed by atoms with Gasteiger partial charge in [0.15, 0.2) is 0 Å². The van der Waals surface area contributed by atoms with Crippen LogP contribution >= 0.6 is 0 Å². The lowest BCUT2D eigenvalue weighted by Gasteiger charge is -2.35. The fourth-order valence-corrected chi connectivity index (χ4v) is 2.83. The molecule has 2 rings (SSSR count). The Bertz CT molecular complexity index is 397. The smallest absolute Gasteiger partial charge is 0.126 e. The van der Waals surface area contributed by atoms with Crippen molar-refractivity contribution in [3.63, 3.8) is 0 Å². The van der Waals surface area contributed by atoms with Gasteiger partial charge >= 0.3 is 0 Å². The standard InChI is InChI=1S/C15H25N3O/c1-3-16-15-10-6-7-12(17-15)11-18(2)13-8-4-5-9-14(13)19/h6-7,10,13-14,19H,3-5,8-9,11H2,1-2H3,(H,16,17). The summed E-state index contributed by atoms with van der Waals surface area (Å²) >= 11 is 0. The summed E-state index contributed by atoms with van der Waals surface area (Å²) in [6.45, 7) is 3.74. The summed E-state index contributed by atoms with van der Waals surface area (Å²) < 4.78 is 0. The number of hydrogen-bond donors (Lipinski definition) is 2. The van der Waals surface area contributed by atoms with E-state index in [1.807, 2.05) is 18.2 Å². The van der Waals surface area contributed by atoms with E-state index in [2.05, 4.69) is 29.2 Å². The number of pyridine rings is 1. The molecule has 0 saturated heterocycles. The van der Waals surface area contributed by atoms with Crippen LogP contribution in [-0.4, -0.2) is 40.7 Å². The highest BCUT2D eigenvalue weighted by Crippen LogP contribution is 2.23. The van der Waals surface area contributed by atoms with Crippen molar-refractivity contribution in [2.75, 3.05) is 18.9 Å². The van der Waals surface area contributed by atoms with Crippen LogP contribution < -0.4 is 5.32 Å². The van der Waals surface area contributed by atoms with Gasteiger partial charge in [0, 0.05) is 19.1 Å². The molecule has 0 aromatic carbocycles. The molecule has 1 aromatic rings. The van der Waals surface area contributed by atoms with E-state index < -0.39 is 0 Å². The van der Waals surface area contributed by atoms with Crippen LogP contribution in [0.25, 0.3) is 0 Å².